The second-order valence-electron chi connectivity index (χ2n) is 5.08. The van der Waals surface area contributed by atoms with Crippen molar-refractivity contribution in [2.75, 3.05) is 4.90 Å². The van der Waals surface area contributed by atoms with Crippen molar-refractivity contribution in [3.05, 3.63) is 74.5 Å². The van der Waals surface area contributed by atoms with Gasteiger partial charge in [0.1, 0.15) is 17.8 Å². The lowest BCUT2D eigenvalue weighted by molar-refractivity contribution is -0.385. The number of nitro groups is 1. The quantitative estimate of drug-likeness (QED) is 0.501. The summed E-state index contributed by atoms with van der Waals surface area (Å²) in [7, 11) is 0. The fourth-order valence-electron chi connectivity index (χ4n) is 2.24. The van der Waals surface area contributed by atoms with Crippen LogP contribution in [0, 0.1) is 17.0 Å². The average molecular weight is 329 g/mol. The summed E-state index contributed by atoms with van der Waals surface area (Å²) in [5.41, 5.74) is -0.0151. The summed E-state index contributed by atoms with van der Waals surface area (Å²) in [6.07, 6.45) is 2.91. The molecule has 0 atom stereocenters. The van der Waals surface area contributed by atoms with Gasteiger partial charge in [0, 0.05) is 15.8 Å². The molecule has 7 heteroatoms. The van der Waals surface area contributed by atoms with E-state index in [-0.39, 0.29) is 5.69 Å². The van der Waals surface area contributed by atoms with Gasteiger partial charge in [-0.1, -0.05) is 0 Å². The Morgan fingerprint density at radius 3 is 2.70 bits per heavy atom. The summed E-state index contributed by atoms with van der Waals surface area (Å²) in [5, 5.41) is 10.8. The molecule has 0 amide bonds. The van der Waals surface area contributed by atoms with Crippen LogP contribution in [0.25, 0.3) is 0 Å². The van der Waals surface area contributed by atoms with Gasteiger partial charge in [0.15, 0.2) is 0 Å². The minimum atomic E-state index is -0.448. The third-order valence-electron chi connectivity index (χ3n) is 3.34. The topological polar surface area (TPSA) is 72.4 Å². The van der Waals surface area contributed by atoms with Gasteiger partial charge in [-0.3, -0.25) is 10.1 Å². The number of hydrogen-bond donors (Lipinski definition) is 0. The van der Waals surface area contributed by atoms with Crippen LogP contribution in [-0.2, 0) is 13.1 Å². The molecular weight excluding hydrogens is 314 g/mol. The number of thiophene rings is 1. The lowest BCUT2D eigenvalue weighted by Gasteiger charge is -2.21. The van der Waals surface area contributed by atoms with E-state index >= 15 is 0 Å². The van der Waals surface area contributed by atoms with Gasteiger partial charge in [-0.05, 0) is 37.3 Å². The highest BCUT2D eigenvalue weighted by molar-refractivity contribution is 7.11. The minimum absolute atomic E-state index is 0.0151. The molecule has 6 nitrogen and oxygen atoms in total. The molecule has 118 valence electrons. The van der Waals surface area contributed by atoms with Crippen molar-refractivity contribution in [2.24, 2.45) is 0 Å². The maximum Gasteiger partial charge on any atom is 0.287 e. The van der Waals surface area contributed by atoms with E-state index in [1.807, 2.05) is 17.0 Å². The molecular formula is C16H15N3O3S. The molecule has 3 aromatic rings. The number of aromatic nitrogens is 1. The SMILES string of the molecule is Cc1ccc(CN(Cc2ccco2)c2ccc([N+](=O)[O-])cn2)s1. The molecule has 0 radical (unpaired) electrons. The van der Waals surface area contributed by atoms with Crippen LogP contribution >= 0.6 is 11.3 Å². The second-order valence-corrected chi connectivity index (χ2v) is 6.45. The summed E-state index contributed by atoms with van der Waals surface area (Å²) in [6, 6.07) is 11.0. The number of aryl methyl sites for hydroxylation is 1. The van der Waals surface area contributed by atoms with Crippen molar-refractivity contribution in [2.45, 2.75) is 20.0 Å². The molecule has 0 aliphatic carbocycles. The maximum absolute atomic E-state index is 10.8. The predicted molar refractivity (Wildman–Crippen MR) is 88.5 cm³/mol. The highest BCUT2D eigenvalue weighted by atomic mass is 32.1. The number of pyridine rings is 1. The lowest BCUT2D eigenvalue weighted by Crippen LogP contribution is -2.22. The molecule has 0 unspecified atom stereocenters. The third-order valence-corrected chi connectivity index (χ3v) is 4.32. The Labute approximate surface area is 137 Å². The smallest absolute Gasteiger partial charge is 0.287 e. The van der Waals surface area contributed by atoms with Crippen molar-refractivity contribution in [1.29, 1.82) is 0 Å². The van der Waals surface area contributed by atoms with Gasteiger partial charge in [0.2, 0.25) is 0 Å². The highest BCUT2D eigenvalue weighted by Gasteiger charge is 2.14. The first-order valence-electron chi connectivity index (χ1n) is 7.05. The molecule has 0 aromatic carbocycles. The van der Waals surface area contributed by atoms with Crippen molar-refractivity contribution in [3.8, 4) is 0 Å². The van der Waals surface area contributed by atoms with Crippen LogP contribution in [0.15, 0.2) is 53.3 Å². The Balaban J connectivity index is 1.85. The Bertz CT molecular complexity index is 781. The van der Waals surface area contributed by atoms with E-state index in [0.29, 0.717) is 18.9 Å². The summed E-state index contributed by atoms with van der Waals surface area (Å²) < 4.78 is 5.42. The first kappa shape index (κ1) is 15.2. The zero-order valence-electron chi connectivity index (χ0n) is 12.5. The van der Waals surface area contributed by atoms with Gasteiger partial charge in [0.05, 0.1) is 24.3 Å². The fraction of sp³-hybridized carbons (Fsp3) is 0.188. The van der Waals surface area contributed by atoms with Crippen LogP contribution in [0.5, 0.6) is 0 Å². The molecule has 3 heterocycles. The van der Waals surface area contributed by atoms with Crippen molar-refractivity contribution >= 4 is 22.8 Å². The zero-order chi connectivity index (χ0) is 16.2. The number of rotatable bonds is 6. The standard InChI is InChI=1S/C16H15N3O3S/c1-12-4-6-15(23-12)11-18(10-14-3-2-8-22-14)16-7-5-13(9-17-16)19(20)21/h2-9H,10-11H2,1H3. The van der Waals surface area contributed by atoms with Crippen LogP contribution in [0.1, 0.15) is 15.5 Å². The van der Waals surface area contributed by atoms with Gasteiger partial charge in [0.25, 0.3) is 5.69 Å². The summed E-state index contributed by atoms with van der Waals surface area (Å²) in [5.74, 6) is 1.50. The monoisotopic (exact) mass is 329 g/mol. The second kappa shape index (κ2) is 6.62. The van der Waals surface area contributed by atoms with Crippen LogP contribution in [0.3, 0.4) is 0 Å². The van der Waals surface area contributed by atoms with Gasteiger partial charge in [-0.15, -0.1) is 11.3 Å². The van der Waals surface area contributed by atoms with Gasteiger partial charge in [-0.25, -0.2) is 4.98 Å². The number of anilines is 1. The fourth-order valence-corrected chi connectivity index (χ4v) is 3.15. The number of hydrogen-bond acceptors (Lipinski definition) is 6. The first-order valence-corrected chi connectivity index (χ1v) is 7.86. The molecule has 0 saturated heterocycles. The molecule has 0 aliphatic heterocycles. The van der Waals surface area contributed by atoms with Crippen LogP contribution in [-0.4, -0.2) is 9.91 Å². The van der Waals surface area contributed by atoms with Crippen LogP contribution < -0.4 is 4.90 Å². The van der Waals surface area contributed by atoms with Crippen molar-refractivity contribution < 1.29 is 9.34 Å². The highest BCUT2D eigenvalue weighted by Crippen LogP contribution is 2.23. The molecule has 3 aromatic heterocycles. The van der Waals surface area contributed by atoms with Crippen LogP contribution in [0.2, 0.25) is 0 Å². The molecule has 0 aliphatic rings. The van der Waals surface area contributed by atoms with E-state index < -0.39 is 4.92 Å². The average Bonchev–Trinajstić information content (AvgIpc) is 3.19. The predicted octanol–water partition coefficient (Wildman–Crippen LogP) is 4.16. The van der Waals surface area contributed by atoms with E-state index in [1.165, 1.54) is 22.0 Å². The van der Waals surface area contributed by atoms with E-state index in [0.717, 1.165) is 5.76 Å². The largest absolute Gasteiger partial charge is 0.467 e. The van der Waals surface area contributed by atoms with Crippen molar-refractivity contribution in [3.63, 3.8) is 0 Å². The van der Waals surface area contributed by atoms with Crippen molar-refractivity contribution in [1.82, 2.24) is 4.98 Å². The van der Waals surface area contributed by atoms with E-state index in [2.05, 4.69) is 24.0 Å². The number of nitrogens with zero attached hydrogens (tertiary/aromatic N) is 3. The molecule has 0 bridgehead atoms. The summed E-state index contributed by atoms with van der Waals surface area (Å²) >= 11 is 1.72. The maximum atomic E-state index is 10.8. The molecule has 0 saturated carbocycles. The molecule has 0 fully saturated rings. The van der Waals surface area contributed by atoms with Gasteiger partial charge < -0.3 is 9.32 Å². The minimum Gasteiger partial charge on any atom is -0.467 e. The molecule has 0 spiro atoms. The normalized spacial score (nSPS) is 10.7. The van der Waals surface area contributed by atoms with E-state index in [4.69, 9.17) is 4.42 Å². The Kier molecular flexibility index (Phi) is 4.38. The van der Waals surface area contributed by atoms with E-state index in [9.17, 15) is 10.1 Å². The molecule has 0 N–H and O–H groups in total. The Morgan fingerprint density at radius 2 is 2.13 bits per heavy atom. The lowest BCUT2D eigenvalue weighted by atomic mass is 10.3. The Morgan fingerprint density at radius 1 is 1.26 bits per heavy atom. The first-order chi connectivity index (χ1) is 11.1. The van der Waals surface area contributed by atoms with Gasteiger partial charge >= 0.3 is 0 Å². The van der Waals surface area contributed by atoms with E-state index in [1.54, 1.807) is 23.7 Å². The third kappa shape index (κ3) is 3.75. The molecule has 3 rings (SSSR count). The zero-order valence-corrected chi connectivity index (χ0v) is 13.3. The summed E-state index contributed by atoms with van der Waals surface area (Å²) in [4.78, 5) is 19.0. The Hall–Kier alpha value is -2.67. The van der Waals surface area contributed by atoms with Crippen LogP contribution in [0.4, 0.5) is 11.5 Å². The van der Waals surface area contributed by atoms with Gasteiger partial charge in [-0.2, -0.15) is 0 Å². The molecule has 23 heavy (non-hydrogen) atoms. The summed E-state index contributed by atoms with van der Waals surface area (Å²) in [6.45, 7) is 3.29. The number of furan rings is 1.